The third-order valence-corrected chi connectivity index (χ3v) is 2.33. The Morgan fingerprint density at radius 1 is 1.33 bits per heavy atom. The van der Waals surface area contributed by atoms with E-state index in [1.807, 2.05) is 18.2 Å². The summed E-state index contributed by atoms with van der Waals surface area (Å²) in [6, 6.07) is 0. The Morgan fingerprint density at radius 2 is 2.13 bits per heavy atom. The van der Waals surface area contributed by atoms with E-state index in [0.717, 1.165) is 19.3 Å². The quantitative estimate of drug-likeness (QED) is 0.291. The van der Waals surface area contributed by atoms with E-state index in [1.54, 1.807) is 0 Å². The highest BCUT2D eigenvalue weighted by Gasteiger charge is 2.31. The molecule has 1 aliphatic rings. The fourth-order valence-corrected chi connectivity index (χ4v) is 1.46. The van der Waals surface area contributed by atoms with Crippen LogP contribution in [0.2, 0.25) is 0 Å². The van der Waals surface area contributed by atoms with E-state index >= 15 is 0 Å². The highest BCUT2D eigenvalue weighted by molar-refractivity contribution is 5.94. The summed E-state index contributed by atoms with van der Waals surface area (Å²) in [5, 5.41) is 0. The average Bonchev–Trinajstić information content (AvgIpc) is 2.51. The lowest BCUT2D eigenvalue weighted by atomic mass is 10.0. The molecule has 1 atom stereocenters. The topological polar surface area (TPSA) is 43.4 Å². The van der Waals surface area contributed by atoms with Crippen molar-refractivity contribution < 1.29 is 14.3 Å². The van der Waals surface area contributed by atoms with Gasteiger partial charge in [-0.25, -0.2) is 0 Å². The van der Waals surface area contributed by atoms with E-state index in [9.17, 15) is 9.59 Å². The van der Waals surface area contributed by atoms with Crippen molar-refractivity contribution in [2.24, 2.45) is 5.92 Å². The molecule has 0 aromatic carbocycles. The largest absolute Gasteiger partial charge is 0.393 e. The standard InChI is InChI=1S/C12H16O3/c1-2-3-4-5-6-7-8-10-9-11(13)15-12(10)14/h2,6-7,10H,1,3-5,8-9H2/b7-6+/t10-/m1/s1. The van der Waals surface area contributed by atoms with Gasteiger partial charge in [-0.2, -0.15) is 0 Å². The first-order chi connectivity index (χ1) is 7.24. The van der Waals surface area contributed by atoms with E-state index in [4.69, 9.17) is 0 Å². The fraction of sp³-hybridized carbons (Fsp3) is 0.500. The molecule has 0 aromatic heterocycles. The summed E-state index contributed by atoms with van der Waals surface area (Å²) in [5.74, 6) is -1.03. The maximum Gasteiger partial charge on any atom is 0.317 e. The molecule has 0 radical (unpaired) electrons. The number of cyclic esters (lactones) is 2. The van der Waals surface area contributed by atoms with Crippen LogP contribution in [0.1, 0.15) is 32.1 Å². The first kappa shape index (κ1) is 11.7. The monoisotopic (exact) mass is 208 g/mol. The molecule has 1 heterocycles. The van der Waals surface area contributed by atoms with Gasteiger partial charge in [0.05, 0.1) is 12.3 Å². The maximum absolute atomic E-state index is 11.1. The van der Waals surface area contributed by atoms with Gasteiger partial charge in [0.25, 0.3) is 0 Å². The number of carbonyl (C=O) groups is 2. The van der Waals surface area contributed by atoms with Crippen LogP contribution in [0, 0.1) is 5.92 Å². The second-order valence-electron chi connectivity index (χ2n) is 3.62. The van der Waals surface area contributed by atoms with Crippen molar-refractivity contribution in [3.63, 3.8) is 0 Å². The summed E-state index contributed by atoms with van der Waals surface area (Å²) in [6.07, 6.45) is 9.80. The summed E-state index contributed by atoms with van der Waals surface area (Å²) < 4.78 is 4.44. The molecule has 3 heteroatoms. The molecule has 1 aliphatic heterocycles. The average molecular weight is 208 g/mol. The fourth-order valence-electron chi connectivity index (χ4n) is 1.46. The molecule has 0 amide bonds. The zero-order chi connectivity index (χ0) is 11.1. The van der Waals surface area contributed by atoms with Gasteiger partial charge >= 0.3 is 11.9 Å². The molecule has 0 aromatic rings. The molecule has 0 saturated carbocycles. The summed E-state index contributed by atoms with van der Waals surface area (Å²) in [5.41, 5.74) is 0. The van der Waals surface area contributed by atoms with Crippen molar-refractivity contribution in [1.82, 2.24) is 0 Å². The first-order valence-corrected chi connectivity index (χ1v) is 5.24. The Hall–Kier alpha value is -1.38. The summed E-state index contributed by atoms with van der Waals surface area (Å²) in [4.78, 5) is 21.8. The van der Waals surface area contributed by atoms with Crippen molar-refractivity contribution in [1.29, 1.82) is 0 Å². The first-order valence-electron chi connectivity index (χ1n) is 5.24. The molecule has 82 valence electrons. The predicted octanol–water partition coefficient (Wildman–Crippen LogP) is 2.38. The maximum atomic E-state index is 11.1. The molecule has 0 bridgehead atoms. The number of hydrogen-bond donors (Lipinski definition) is 0. The van der Waals surface area contributed by atoms with Gasteiger partial charge in [-0.3, -0.25) is 9.59 Å². The van der Waals surface area contributed by atoms with E-state index in [-0.39, 0.29) is 18.3 Å². The zero-order valence-electron chi connectivity index (χ0n) is 8.78. The molecular formula is C12H16O3. The molecule has 0 N–H and O–H groups in total. The Morgan fingerprint density at radius 3 is 2.73 bits per heavy atom. The molecule has 0 unspecified atom stereocenters. The van der Waals surface area contributed by atoms with Crippen molar-refractivity contribution in [2.75, 3.05) is 0 Å². The molecule has 0 spiro atoms. The van der Waals surface area contributed by atoms with Crippen LogP contribution in [0.5, 0.6) is 0 Å². The Kier molecular flexibility index (Phi) is 4.81. The van der Waals surface area contributed by atoms with Crippen molar-refractivity contribution >= 4 is 11.9 Å². The Balaban J connectivity index is 2.16. The number of unbranched alkanes of at least 4 members (excludes halogenated alkanes) is 2. The minimum Gasteiger partial charge on any atom is -0.393 e. The van der Waals surface area contributed by atoms with Gasteiger partial charge in [-0.05, 0) is 25.7 Å². The van der Waals surface area contributed by atoms with Gasteiger partial charge in [0, 0.05) is 0 Å². The van der Waals surface area contributed by atoms with Gasteiger partial charge < -0.3 is 4.74 Å². The highest BCUT2D eigenvalue weighted by atomic mass is 16.6. The van der Waals surface area contributed by atoms with Gasteiger partial charge in [0.15, 0.2) is 0 Å². The molecule has 3 nitrogen and oxygen atoms in total. The van der Waals surface area contributed by atoms with E-state index in [0.29, 0.717) is 6.42 Å². The normalized spacial score (nSPS) is 20.9. The van der Waals surface area contributed by atoms with Crippen molar-refractivity contribution in [2.45, 2.75) is 32.1 Å². The molecule has 0 aliphatic carbocycles. The molecule has 1 saturated heterocycles. The molecule has 1 fully saturated rings. The zero-order valence-corrected chi connectivity index (χ0v) is 8.78. The van der Waals surface area contributed by atoms with Crippen LogP contribution in [0.3, 0.4) is 0 Å². The summed E-state index contributed by atoms with van der Waals surface area (Å²) >= 11 is 0. The lowest BCUT2D eigenvalue weighted by Gasteiger charge is -1.97. The molecule has 1 rings (SSSR count). The van der Waals surface area contributed by atoms with Crippen LogP contribution < -0.4 is 0 Å². The lowest BCUT2D eigenvalue weighted by Crippen LogP contribution is -2.05. The third-order valence-electron chi connectivity index (χ3n) is 2.33. The minimum atomic E-state index is -0.398. The molecule has 15 heavy (non-hydrogen) atoms. The van der Waals surface area contributed by atoms with E-state index in [1.165, 1.54) is 0 Å². The number of allylic oxidation sites excluding steroid dienone is 3. The number of hydrogen-bond acceptors (Lipinski definition) is 3. The predicted molar refractivity (Wildman–Crippen MR) is 57.0 cm³/mol. The SMILES string of the molecule is C=CCCC/C=C/C[C@@H]1CC(=O)OC1=O. The van der Waals surface area contributed by atoms with Crippen molar-refractivity contribution in [3.8, 4) is 0 Å². The van der Waals surface area contributed by atoms with Gasteiger partial charge in [0.1, 0.15) is 0 Å². The number of esters is 2. The number of ether oxygens (including phenoxy) is 1. The van der Waals surface area contributed by atoms with Crippen LogP contribution in [0.25, 0.3) is 0 Å². The van der Waals surface area contributed by atoms with Gasteiger partial charge in [0.2, 0.25) is 0 Å². The van der Waals surface area contributed by atoms with E-state index in [2.05, 4.69) is 11.3 Å². The number of carbonyl (C=O) groups excluding carboxylic acids is 2. The lowest BCUT2D eigenvalue weighted by molar-refractivity contribution is -0.153. The van der Waals surface area contributed by atoms with Gasteiger partial charge in [-0.15, -0.1) is 6.58 Å². The molecular weight excluding hydrogens is 192 g/mol. The van der Waals surface area contributed by atoms with E-state index < -0.39 is 5.97 Å². The smallest absolute Gasteiger partial charge is 0.317 e. The second kappa shape index (κ2) is 6.17. The summed E-state index contributed by atoms with van der Waals surface area (Å²) in [7, 11) is 0. The van der Waals surface area contributed by atoms with Crippen molar-refractivity contribution in [3.05, 3.63) is 24.8 Å². The van der Waals surface area contributed by atoms with Crippen LogP contribution in [0.15, 0.2) is 24.8 Å². The van der Waals surface area contributed by atoms with Crippen LogP contribution >= 0.6 is 0 Å². The Labute approximate surface area is 89.8 Å². The second-order valence-corrected chi connectivity index (χ2v) is 3.62. The Bertz CT molecular complexity index is 279. The minimum absolute atomic E-state index is 0.232. The number of rotatable bonds is 6. The van der Waals surface area contributed by atoms with Crippen LogP contribution in [-0.2, 0) is 14.3 Å². The summed E-state index contributed by atoms with van der Waals surface area (Å²) in [6.45, 7) is 3.64. The van der Waals surface area contributed by atoms with Crippen LogP contribution in [0.4, 0.5) is 0 Å². The van der Waals surface area contributed by atoms with Crippen LogP contribution in [-0.4, -0.2) is 11.9 Å². The highest BCUT2D eigenvalue weighted by Crippen LogP contribution is 2.19. The third kappa shape index (κ3) is 4.11. The van der Waals surface area contributed by atoms with Gasteiger partial charge in [-0.1, -0.05) is 18.2 Å².